The molecule has 1 aliphatic carbocycles. The number of nitrogen functional groups attached to an aromatic ring is 1. The number of nitrogens with zero attached hydrogens (tertiary/aromatic N) is 1. The highest BCUT2D eigenvalue weighted by atomic mass is 16.5. The third-order valence-electron chi connectivity index (χ3n) is 3.67. The first-order valence-electron chi connectivity index (χ1n) is 6.29. The zero-order valence-corrected chi connectivity index (χ0v) is 10.5. The minimum atomic E-state index is 0.632. The standard InChI is InChI=1S/C14H17N3O/c1-18-13-7-6-10(12-8-16-17-14(12)15)9-4-2-3-5-11(9)13/h6-8H,2-5H2,1H3,(H3,15,16,17). The van der Waals surface area contributed by atoms with Gasteiger partial charge in [0.2, 0.25) is 0 Å². The maximum atomic E-state index is 5.93. The summed E-state index contributed by atoms with van der Waals surface area (Å²) in [5.41, 5.74) is 10.8. The van der Waals surface area contributed by atoms with Crippen molar-refractivity contribution >= 4 is 5.82 Å². The zero-order valence-electron chi connectivity index (χ0n) is 10.5. The second-order valence-electron chi connectivity index (χ2n) is 4.68. The molecule has 1 aliphatic rings. The molecule has 3 rings (SSSR count). The van der Waals surface area contributed by atoms with E-state index in [0.717, 1.165) is 24.2 Å². The van der Waals surface area contributed by atoms with Gasteiger partial charge in [-0.2, -0.15) is 5.10 Å². The molecule has 0 spiro atoms. The molecular weight excluding hydrogens is 226 g/mol. The maximum Gasteiger partial charge on any atom is 0.126 e. The summed E-state index contributed by atoms with van der Waals surface area (Å²) < 4.78 is 5.46. The smallest absolute Gasteiger partial charge is 0.126 e. The Kier molecular flexibility index (Phi) is 2.70. The average Bonchev–Trinajstić information content (AvgIpc) is 2.83. The van der Waals surface area contributed by atoms with Crippen molar-refractivity contribution in [3.8, 4) is 16.9 Å². The van der Waals surface area contributed by atoms with Gasteiger partial charge in [-0.1, -0.05) is 6.07 Å². The van der Waals surface area contributed by atoms with Crippen LogP contribution >= 0.6 is 0 Å². The van der Waals surface area contributed by atoms with Crippen LogP contribution < -0.4 is 10.5 Å². The van der Waals surface area contributed by atoms with Gasteiger partial charge in [0.15, 0.2) is 0 Å². The molecule has 0 radical (unpaired) electrons. The van der Waals surface area contributed by atoms with Gasteiger partial charge in [-0.05, 0) is 48.4 Å². The molecule has 4 nitrogen and oxygen atoms in total. The lowest BCUT2D eigenvalue weighted by atomic mass is 9.86. The molecule has 1 heterocycles. The number of H-pyrrole nitrogens is 1. The number of rotatable bonds is 2. The van der Waals surface area contributed by atoms with E-state index >= 15 is 0 Å². The average molecular weight is 243 g/mol. The summed E-state index contributed by atoms with van der Waals surface area (Å²) in [6.07, 6.45) is 6.43. The molecule has 0 fully saturated rings. The van der Waals surface area contributed by atoms with Crippen molar-refractivity contribution in [2.45, 2.75) is 25.7 Å². The fourth-order valence-corrected chi connectivity index (χ4v) is 2.79. The molecule has 1 aromatic heterocycles. The number of nitrogens with two attached hydrogens (primary N) is 1. The second-order valence-corrected chi connectivity index (χ2v) is 4.68. The lowest BCUT2D eigenvalue weighted by Gasteiger charge is -2.21. The van der Waals surface area contributed by atoms with Crippen LogP contribution in [0.25, 0.3) is 11.1 Å². The number of anilines is 1. The second kappa shape index (κ2) is 4.37. The summed E-state index contributed by atoms with van der Waals surface area (Å²) in [5, 5.41) is 6.81. The number of methoxy groups -OCH3 is 1. The van der Waals surface area contributed by atoms with Gasteiger partial charge in [-0.3, -0.25) is 5.10 Å². The van der Waals surface area contributed by atoms with E-state index in [0.29, 0.717) is 5.82 Å². The van der Waals surface area contributed by atoms with Gasteiger partial charge in [0.25, 0.3) is 0 Å². The Balaban J connectivity index is 2.19. The molecule has 0 aliphatic heterocycles. The SMILES string of the molecule is COc1ccc(-c2cn[nH]c2N)c2c1CCCC2. The Hall–Kier alpha value is -1.97. The first-order chi connectivity index (χ1) is 8.81. The Labute approximate surface area is 106 Å². The Morgan fingerprint density at radius 2 is 1.94 bits per heavy atom. The summed E-state index contributed by atoms with van der Waals surface area (Å²) in [6.45, 7) is 0. The lowest BCUT2D eigenvalue weighted by molar-refractivity contribution is 0.406. The van der Waals surface area contributed by atoms with Crippen molar-refractivity contribution in [1.29, 1.82) is 0 Å². The van der Waals surface area contributed by atoms with Crippen LogP contribution in [-0.4, -0.2) is 17.3 Å². The van der Waals surface area contributed by atoms with Gasteiger partial charge in [-0.15, -0.1) is 0 Å². The van der Waals surface area contributed by atoms with Gasteiger partial charge in [0.1, 0.15) is 11.6 Å². The fourth-order valence-electron chi connectivity index (χ4n) is 2.79. The number of hydrogen-bond acceptors (Lipinski definition) is 3. The van der Waals surface area contributed by atoms with E-state index in [2.05, 4.69) is 16.3 Å². The molecular formula is C14H17N3O. The van der Waals surface area contributed by atoms with Crippen LogP contribution in [-0.2, 0) is 12.8 Å². The molecule has 0 bridgehead atoms. The highest BCUT2D eigenvalue weighted by molar-refractivity contribution is 5.77. The first-order valence-corrected chi connectivity index (χ1v) is 6.29. The van der Waals surface area contributed by atoms with Crippen LogP contribution in [0.4, 0.5) is 5.82 Å². The molecule has 4 heteroatoms. The normalized spacial score (nSPS) is 14.3. The fraction of sp³-hybridized carbons (Fsp3) is 0.357. The van der Waals surface area contributed by atoms with Gasteiger partial charge in [0, 0.05) is 5.56 Å². The number of aromatic nitrogens is 2. The van der Waals surface area contributed by atoms with Crippen molar-refractivity contribution in [1.82, 2.24) is 10.2 Å². The molecule has 0 saturated carbocycles. The summed E-state index contributed by atoms with van der Waals surface area (Å²) in [6, 6.07) is 4.12. The quantitative estimate of drug-likeness (QED) is 0.852. The van der Waals surface area contributed by atoms with Gasteiger partial charge in [-0.25, -0.2) is 0 Å². The predicted molar refractivity (Wildman–Crippen MR) is 71.6 cm³/mol. The minimum absolute atomic E-state index is 0.632. The summed E-state index contributed by atoms with van der Waals surface area (Å²) in [4.78, 5) is 0. The largest absolute Gasteiger partial charge is 0.496 e. The van der Waals surface area contributed by atoms with E-state index in [1.807, 2.05) is 6.07 Å². The number of aromatic amines is 1. The molecule has 0 unspecified atom stereocenters. The summed E-state index contributed by atoms with van der Waals surface area (Å²) in [5.74, 6) is 1.63. The van der Waals surface area contributed by atoms with Gasteiger partial charge >= 0.3 is 0 Å². The van der Waals surface area contributed by atoms with Gasteiger partial charge in [0.05, 0.1) is 13.3 Å². The number of hydrogen-bond donors (Lipinski definition) is 2. The van der Waals surface area contributed by atoms with E-state index < -0.39 is 0 Å². The van der Waals surface area contributed by atoms with Crippen molar-refractivity contribution in [3.05, 3.63) is 29.5 Å². The van der Waals surface area contributed by atoms with E-state index in [4.69, 9.17) is 10.5 Å². The molecule has 3 N–H and O–H groups in total. The minimum Gasteiger partial charge on any atom is -0.496 e. The monoisotopic (exact) mass is 243 g/mol. The number of fused-ring (bicyclic) bond motifs is 1. The number of nitrogens with one attached hydrogen (secondary N) is 1. The van der Waals surface area contributed by atoms with Crippen molar-refractivity contribution in [3.63, 3.8) is 0 Å². The van der Waals surface area contributed by atoms with Crippen molar-refractivity contribution < 1.29 is 4.74 Å². The Morgan fingerprint density at radius 3 is 2.61 bits per heavy atom. The molecule has 0 saturated heterocycles. The van der Waals surface area contributed by atoms with E-state index in [1.165, 1.54) is 29.5 Å². The van der Waals surface area contributed by atoms with Crippen LogP contribution in [0.2, 0.25) is 0 Å². The van der Waals surface area contributed by atoms with E-state index in [9.17, 15) is 0 Å². The highest BCUT2D eigenvalue weighted by Gasteiger charge is 2.19. The topological polar surface area (TPSA) is 63.9 Å². The predicted octanol–water partition coefficient (Wildman–Crippen LogP) is 2.55. The molecule has 2 aromatic rings. The molecule has 94 valence electrons. The maximum absolute atomic E-state index is 5.93. The van der Waals surface area contributed by atoms with Crippen LogP contribution in [0.15, 0.2) is 18.3 Å². The van der Waals surface area contributed by atoms with Crippen LogP contribution in [0.3, 0.4) is 0 Å². The highest BCUT2D eigenvalue weighted by Crippen LogP contribution is 2.38. The Bertz CT molecular complexity index is 574. The van der Waals surface area contributed by atoms with Gasteiger partial charge < -0.3 is 10.5 Å². The summed E-state index contributed by atoms with van der Waals surface area (Å²) in [7, 11) is 1.73. The van der Waals surface area contributed by atoms with Crippen LogP contribution in [0, 0.1) is 0 Å². The molecule has 1 aromatic carbocycles. The summed E-state index contributed by atoms with van der Waals surface area (Å²) >= 11 is 0. The van der Waals surface area contributed by atoms with E-state index in [-0.39, 0.29) is 0 Å². The van der Waals surface area contributed by atoms with Crippen molar-refractivity contribution in [2.24, 2.45) is 0 Å². The third-order valence-corrected chi connectivity index (χ3v) is 3.67. The molecule has 18 heavy (non-hydrogen) atoms. The Morgan fingerprint density at radius 1 is 1.17 bits per heavy atom. The van der Waals surface area contributed by atoms with E-state index in [1.54, 1.807) is 13.3 Å². The zero-order chi connectivity index (χ0) is 12.5. The number of benzene rings is 1. The third kappa shape index (κ3) is 1.65. The first kappa shape index (κ1) is 11.1. The molecule has 0 amide bonds. The molecule has 0 atom stereocenters. The lowest BCUT2D eigenvalue weighted by Crippen LogP contribution is -2.07. The number of ether oxygens (including phenoxy) is 1. The van der Waals surface area contributed by atoms with Crippen LogP contribution in [0.5, 0.6) is 5.75 Å². The van der Waals surface area contributed by atoms with Crippen molar-refractivity contribution in [2.75, 3.05) is 12.8 Å². The van der Waals surface area contributed by atoms with Crippen LogP contribution in [0.1, 0.15) is 24.0 Å².